The molecule has 1 amide bonds. The van der Waals surface area contributed by atoms with Crippen molar-refractivity contribution in [3.05, 3.63) is 54.9 Å². The second-order valence-electron chi connectivity index (χ2n) is 8.25. The van der Waals surface area contributed by atoms with Crippen LogP contribution in [0.4, 0.5) is 0 Å². The van der Waals surface area contributed by atoms with Gasteiger partial charge in [0.05, 0.1) is 15.6 Å². The first-order chi connectivity index (χ1) is 14.7. The number of H-pyrrole nitrogens is 1. The molecule has 1 fully saturated rings. The highest BCUT2D eigenvalue weighted by Crippen LogP contribution is 2.52. The number of aryl methyl sites for hydroxylation is 2. The zero-order chi connectivity index (χ0) is 22.3. The summed E-state index contributed by atoms with van der Waals surface area (Å²) in [6.45, 7) is 7.35. The van der Waals surface area contributed by atoms with E-state index in [1.165, 1.54) is 6.07 Å². The standard InChI is InChI=1S/C22H25Cl2N3O4/c1-11-8-12(2)27-21(29)15(11)10-26-20(28)14-9-16(23)18-19(17(14)24)31-22(3,30-18)13-4-6-25-7-5-13/h8-9,13,25H,4-7,10H2,1-3H3,(H,26,28)(H,27,29). The van der Waals surface area contributed by atoms with Crippen molar-refractivity contribution in [2.24, 2.45) is 5.92 Å². The monoisotopic (exact) mass is 465 g/mol. The molecule has 0 aliphatic carbocycles. The van der Waals surface area contributed by atoms with Gasteiger partial charge in [0.1, 0.15) is 0 Å². The largest absolute Gasteiger partial charge is 0.447 e. The van der Waals surface area contributed by atoms with Crippen LogP contribution >= 0.6 is 23.2 Å². The van der Waals surface area contributed by atoms with Crippen molar-refractivity contribution in [1.29, 1.82) is 0 Å². The molecular formula is C22H25Cl2N3O4. The number of halogens is 2. The number of piperidine rings is 1. The minimum absolute atomic E-state index is 0.0649. The zero-order valence-electron chi connectivity index (χ0n) is 17.7. The lowest BCUT2D eigenvalue weighted by atomic mass is 9.90. The fraction of sp³-hybridized carbons (Fsp3) is 0.455. The smallest absolute Gasteiger partial charge is 0.253 e. The Bertz CT molecular complexity index is 1100. The Morgan fingerprint density at radius 3 is 2.55 bits per heavy atom. The first kappa shape index (κ1) is 22.0. The number of benzene rings is 1. The Hall–Kier alpha value is -2.22. The third-order valence-electron chi connectivity index (χ3n) is 5.98. The molecule has 0 saturated carbocycles. The minimum atomic E-state index is -0.890. The van der Waals surface area contributed by atoms with Crippen LogP contribution in [0, 0.1) is 19.8 Å². The fourth-order valence-electron chi connectivity index (χ4n) is 4.24. The summed E-state index contributed by atoms with van der Waals surface area (Å²) in [4.78, 5) is 27.8. The summed E-state index contributed by atoms with van der Waals surface area (Å²) in [7, 11) is 0. The number of hydrogen-bond donors (Lipinski definition) is 3. The number of rotatable bonds is 4. The van der Waals surface area contributed by atoms with Crippen molar-refractivity contribution < 1.29 is 14.3 Å². The predicted molar refractivity (Wildman–Crippen MR) is 119 cm³/mol. The number of aromatic nitrogens is 1. The highest BCUT2D eigenvalue weighted by atomic mass is 35.5. The predicted octanol–water partition coefficient (Wildman–Crippen LogP) is 3.72. The molecule has 1 aromatic carbocycles. The van der Waals surface area contributed by atoms with Gasteiger partial charge in [-0.25, -0.2) is 0 Å². The number of hydrogen-bond acceptors (Lipinski definition) is 5. The highest BCUT2D eigenvalue weighted by molar-refractivity contribution is 6.38. The second-order valence-corrected chi connectivity index (χ2v) is 9.03. The summed E-state index contributed by atoms with van der Waals surface area (Å²) in [5.41, 5.74) is 1.99. The van der Waals surface area contributed by atoms with Gasteiger partial charge in [0.15, 0.2) is 11.5 Å². The van der Waals surface area contributed by atoms with Crippen LogP contribution in [-0.2, 0) is 6.54 Å². The van der Waals surface area contributed by atoms with E-state index in [0.29, 0.717) is 11.3 Å². The molecule has 1 saturated heterocycles. The van der Waals surface area contributed by atoms with Crippen LogP contribution in [0.3, 0.4) is 0 Å². The normalized spacial score (nSPS) is 20.7. The Morgan fingerprint density at radius 1 is 1.19 bits per heavy atom. The lowest BCUT2D eigenvalue weighted by Crippen LogP contribution is -2.47. The average molecular weight is 466 g/mol. The highest BCUT2D eigenvalue weighted by Gasteiger charge is 2.47. The first-order valence-electron chi connectivity index (χ1n) is 10.3. The lowest BCUT2D eigenvalue weighted by molar-refractivity contribution is -0.117. The topological polar surface area (TPSA) is 92.4 Å². The summed E-state index contributed by atoms with van der Waals surface area (Å²) >= 11 is 13.0. The van der Waals surface area contributed by atoms with Gasteiger partial charge in [0.2, 0.25) is 0 Å². The molecule has 2 aliphatic heterocycles. The number of carbonyl (C=O) groups excluding carboxylic acids is 1. The van der Waals surface area contributed by atoms with E-state index < -0.39 is 11.7 Å². The van der Waals surface area contributed by atoms with Crippen LogP contribution in [0.1, 0.15) is 46.9 Å². The second kappa shape index (κ2) is 8.37. The van der Waals surface area contributed by atoms with Crippen LogP contribution < -0.4 is 25.7 Å². The van der Waals surface area contributed by atoms with Crippen LogP contribution in [-0.4, -0.2) is 29.8 Å². The van der Waals surface area contributed by atoms with Crippen LogP contribution in [0.15, 0.2) is 16.9 Å². The third kappa shape index (κ3) is 4.14. The maximum Gasteiger partial charge on any atom is 0.253 e. The maximum absolute atomic E-state index is 12.9. The number of amides is 1. The summed E-state index contributed by atoms with van der Waals surface area (Å²) in [5, 5.41) is 6.47. The maximum atomic E-state index is 12.9. The van der Waals surface area contributed by atoms with Gasteiger partial charge < -0.3 is 25.1 Å². The average Bonchev–Trinajstić information content (AvgIpc) is 3.10. The Kier molecular flexibility index (Phi) is 5.94. The fourth-order valence-corrected chi connectivity index (χ4v) is 4.74. The molecule has 3 heterocycles. The molecule has 7 nitrogen and oxygen atoms in total. The SMILES string of the molecule is Cc1cc(C)c(CNC(=O)c2cc(Cl)c3c(c2Cl)OC(C)(C2CCNCC2)O3)c(=O)[nH]1. The Morgan fingerprint density at radius 2 is 1.87 bits per heavy atom. The summed E-state index contributed by atoms with van der Waals surface area (Å²) in [6, 6.07) is 3.33. The number of nitrogens with one attached hydrogen (secondary N) is 3. The van der Waals surface area contributed by atoms with Crippen molar-refractivity contribution in [3.8, 4) is 11.5 Å². The van der Waals surface area contributed by atoms with E-state index in [9.17, 15) is 9.59 Å². The van der Waals surface area contributed by atoms with Gasteiger partial charge in [-0.15, -0.1) is 0 Å². The number of aromatic amines is 1. The molecular weight excluding hydrogens is 441 g/mol. The summed E-state index contributed by atoms with van der Waals surface area (Å²) in [5.74, 6) is -0.534. The molecule has 2 aliphatic rings. The van der Waals surface area contributed by atoms with Gasteiger partial charge in [0.25, 0.3) is 17.3 Å². The summed E-state index contributed by atoms with van der Waals surface area (Å²) < 4.78 is 12.3. The molecule has 31 heavy (non-hydrogen) atoms. The van der Waals surface area contributed by atoms with E-state index in [-0.39, 0.29) is 39.4 Å². The molecule has 2 aromatic rings. The minimum Gasteiger partial charge on any atom is -0.447 e. The van der Waals surface area contributed by atoms with E-state index in [0.717, 1.165) is 37.2 Å². The number of carbonyl (C=O) groups is 1. The molecule has 1 atom stereocenters. The van der Waals surface area contributed by atoms with Crippen molar-refractivity contribution in [2.45, 2.75) is 45.9 Å². The molecule has 1 aromatic heterocycles. The Balaban J connectivity index is 1.56. The van der Waals surface area contributed by atoms with Gasteiger partial charge in [-0.3, -0.25) is 9.59 Å². The van der Waals surface area contributed by atoms with Gasteiger partial charge in [-0.2, -0.15) is 0 Å². The zero-order valence-corrected chi connectivity index (χ0v) is 19.2. The van der Waals surface area contributed by atoms with E-state index in [1.807, 2.05) is 26.8 Å². The molecule has 1 unspecified atom stereocenters. The number of fused-ring (bicyclic) bond motifs is 1. The Labute approximate surface area is 190 Å². The summed E-state index contributed by atoms with van der Waals surface area (Å²) in [6.07, 6.45) is 1.80. The van der Waals surface area contributed by atoms with Crippen LogP contribution in [0.5, 0.6) is 11.5 Å². The van der Waals surface area contributed by atoms with Gasteiger partial charge >= 0.3 is 0 Å². The van der Waals surface area contributed by atoms with Gasteiger partial charge in [-0.05, 0) is 57.5 Å². The molecule has 0 radical (unpaired) electrons. The van der Waals surface area contributed by atoms with Crippen LogP contribution in [0.25, 0.3) is 0 Å². The quantitative estimate of drug-likeness (QED) is 0.639. The van der Waals surface area contributed by atoms with E-state index >= 15 is 0 Å². The molecule has 0 bridgehead atoms. The van der Waals surface area contributed by atoms with Crippen molar-refractivity contribution in [2.75, 3.05) is 13.1 Å². The van der Waals surface area contributed by atoms with E-state index in [4.69, 9.17) is 32.7 Å². The first-order valence-corrected chi connectivity index (χ1v) is 11.0. The van der Waals surface area contributed by atoms with Gasteiger partial charge in [0, 0.05) is 30.6 Å². The van der Waals surface area contributed by atoms with Crippen molar-refractivity contribution in [3.63, 3.8) is 0 Å². The lowest BCUT2D eigenvalue weighted by Gasteiger charge is -2.35. The van der Waals surface area contributed by atoms with Crippen LogP contribution in [0.2, 0.25) is 10.0 Å². The molecule has 0 spiro atoms. The van der Waals surface area contributed by atoms with Gasteiger partial charge in [-0.1, -0.05) is 23.2 Å². The molecule has 3 N–H and O–H groups in total. The molecule has 4 rings (SSSR count). The number of ether oxygens (including phenoxy) is 2. The third-order valence-corrected chi connectivity index (χ3v) is 6.64. The molecule has 166 valence electrons. The van der Waals surface area contributed by atoms with E-state index in [1.54, 1.807) is 0 Å². The number of pyridine rings is 1. The van der Waals surface area contributed by atoms with Crippen molar-refractivity contribution >= 4 is 29.1 Å². The van der Waals surface area contributed by atoms with E-state index in [2.05, 4.69) is 15.6 Å². The van der Waals surface area contributed by atoms with Crippen molar-refractivity contribution in [1.82, 2.24) is 15.6 Å². The molecule has 9 heteroatoms.